The van der Waals surface area contributed by atoms with Crippen molar-refractivity contribution in [3.63, 3.8) is 0 Å². The number of rotatable bonds is 7. The van der Waals surface area contributed by atoms with Crippen LogP contribution in [0.4, 0.5) is 0 Å². The maximum atomic E-state index is 11.4. The molecule has 6 nitrogen and oxygen atoms in total. The monoisotopic (exact) mass is 342 g/mol. The van der Waals surface area contributed by atoms with Crippen LogP contribution < -0.4 is 0 Å². The molecule has 0 aliphatic heterocycles. The third kappa shape index (κ3) is 5.05. The number of benzene rings is 2. The lowest BCUT2D eigenvalue weighted by Gasteiger charge is -2.05. The quantitative estimate of drug-likeness (QED) is 0.593. The molecular formula is C19H18O6. The zero-order valence-electron chi connectivity index (χ0n) is 13.7. The van der Waals surface area contributed by atoms with Gasteiger partial charge in [0.05, 0.1) is 24.3 Å². The molecule has 0 unspecified atom stereocenters. The average molecular weight is 342 g/mol. The lowest BCUT2D eigenvalue weighted by atomic mass is 9.99. The van der Waals surface area contributed by atoms with Crippen molar-refractivity contribution in [2.75, 3.05) is 26.4 Å². The Kier molecular flexibility index (Phi) is 6.52. The van der Waals surface area contributed by atoms with Crippen LogP contribution in [0.3, 0.4) is 0 Å². The molecule has 25 heavy (non-hydrogen) atoms. The van der Waals surface area contributed by atoms with Crippen molar-refractivity contribution in [1.29, 1.82) is 0 Å². The molecule has 2 rings (SSSR count). The van der Waals surface area contributed by atoms with Gasteiger partial charge in [-0.1, -0.05) is 17.9 Å². The van der Waals surface area contributed by atoms with Crippen LogP contribution in [0.15, 0.2) is 30.3 Å². The summed E-state index contributed by atoms with van der Waals surface area (Å²) in [5, 5.41) is 19.7. The van der Waals surface area contributed by atoms with Gasteiger partial charge in [-0.15, -0.1) is 0 Å². The molecule has 0 amide bonds. The zero-order valence-corrected chi connectivity index (χ0v) is 13.7. The zero-order chi connectivity index (χ0) is 18.2. The fraction of sp³-hybridized carbons (Fsp3) is 0.263. The SMILES string of the molecule is CCOCCOCC#Cc1cc2cc(C(=O)O)ccc2cc1C(=O)O. The molecule has 0 radical (unpaired) electrons. The van der Waals surface area contributed by atoms with Crippen molar-refractivity contribution in [2.45, 2.75) is 6.92 Å². The number of carboxylic acid groups (broad SMARTS) is 2. The van der Waals surface area contributed by atoms with E-state index >= 15 is 0 Å². The highest BCUT2D eigenvalue weighted by Gasteiger charge is 2.12. The number of ether oxygens (including phenoxy) is 2. The number of hydrogen-bond acceptors (Lipinski definition) is 4. The van der Waals surface area contributed by atoms with Crippen molar-refractivity contribution in [1.82, 2.24) is 0 Å². The summed E-state index contributed by atoms with van der Waals surface area (Å²) in [5.41, 5.74) is 0.516. The molecule has 0 fully saturated rings. The first kappa shape index (κ1) is 18.5. The summed E-state index contributed by atoms with van der Waals surface area (Å²) in [4.78, 5) is 22.5. The van der Waals surface area contributed by atoms with E-state index in [1.54, 1.807) is 12.1 Å². The Hall–Kier alpha value is -2.88. The molecule has 2 aromatic carbocycles. The second-order valence-electron chi connectivity index (χ2n) is 5.12. The van der Waals surface area contributed by atoms with E-state index in [9.17, 15) is 14.7 Å². The third-order valence-corrected chi connectivity index (χ3v) is 3.43. The van der Waals surface area contributed by atoms with Crippen molar-refractivity contribution in [3.05, 3.63) is 47.0 Å². The minimum atomic E-state index is -1.09. The highest BCUT2D eigenvalue weighted by atomic mass is 16.5. The van der Waals surface area contributed by atoms with Crippen molar-refractivity contribution >= 4 is 22.7 Å². The second kappa shape index (κ2) is 8.83. The van der Waals surface area contributed by atoms with E-state index in [4.69, 9.17) is 14.6 Å². The first-order valence-electron chi connectivity index (χ1n) is 7.71. The van der Waals surface area contributed by atoms with Crippen molar-refractivity contribution < 1.29 is 29.3 Å². The van der Waals surface area contributed by atoms with Crippen LogP contribution in [0.1, 0.15) is 33.2 Å². The molecule has 6 heteroatoms. The predicted octanol–water partition coefficient (Wildman–Crippen LogP) is 2.64. The van der Waals surface area contributed by atoms with Gasteiger partial charge in [0, 0.05) is 12.2 Å². The topological polar surface area (TPSA) is 93.1 Å². The van der Waals surface area contributed by atoms with E-state index in [0.29, 0.717) is 36.2 Å². The Morgan fingerprint density at radius 3 is 2.44 bits per heavy atom. The number of fused-ring (bicyclic) bond motifs is 1. The first-order valence-corrected chi connectivity index (χ1v) is 7.71. The first-order chi connectivity index (χ1) is 12.0. The van der Waals surface area contributed by atoms with Gasteiger partial charge < -0.3 is 19.7 Å². The molecule has 0 saturated carbocycles. The van der Waals surface area contributed by atoms with E-state index in [-0.39, 0.29) is 17.7 Å². The molecule has 0 bridgehead atoms. The summed E-state index contributed by atoms with van der Waals surface area (Å²) < 4.78 is 10.4. The molecule has 2 N–H and O–H groups in total. The number of hydrogen-bond donors (Lipinski definition) is 2. The van der Waals surface area contributed by atoms with Gasteiger partial charge in [-0.25, -0.2) is 9.59 Å². The van der Waals surface area contributed by atoms with Crippen LogP contribution in [0.25, 0.3) is 10.8 Å². The normalized spacial score (nSPS) is 10.3. The van der Waals surface area contributed by atoms with Gasteiger partial charge in [0.15, 0.2) is 0 Å². The summed E-state index contributed by atoms with van der Waals surface area (Å²) in [5.74, 6) is 3.42. The highest BCUT2D eigenvalue weighted by Crippen LogP contribution is 2.21. The number of carbonyl (C=O) groups is 2. The predicted molar refractivity (Wildman–Crippen MR) is 92.1 cm³/mol. The van der Waals surface area contributed by atoms with Crippen molar-refractivity contribution in [3.8, 4) is 11.8 Å². The minimum absolute atomic E-state index is 0.0670. The molecule has 0 aliphatic carbocycles. The molecule has 2 aromatic rings. The van der Waals surface area contributed by atoms with Crippen LogP contribution in [-0.2, 0) is 9.47 Å². The maximum absolute atomic E-state index is 11.4. The standard InChI is InChI=1S/C19H18O6/c1-2-24-8-9-25-7-3-4-14-10-16-11-15(18(20)21)6-5-13(16)12-17(14)19(22)23/h5-6,10-12H,2,7-9H2,1H3,(H,20,21)(H,22,23). The summed E-state index contributed by atoms with van der Waals surface area (Å²) in [6, 6.07) is 7.59. The molecule has 0 atom stereocenters. The molecule has 0 aliphatic rings. The van der Waals surface area contributed by atoms with Crippen LogP contribution in [0, 0.1) is 11.8 Å². The van der Waals surface area contributed by atoms with E-state index in [1.165, 1.54) is 18.2 Å². The summed E-state index contributed by atoms with van der Waals surface area (Å²) in [6.07, 6.45) is 0. The maximum Gasteiger partial charge on any atom is 0.336 e. The van der Waals surface area contributed by atoms with Gasteiger partial charge in [-0.2, -0.15) is 0 Å². The molecule has 0 spiro atoms. The van der Waals surface area contributed by atoms with E-state index in [1.807, 2.05) is 6.92 Å². The minimum Gasteiger partial charge on any atom is -0.478 e. The van der Waals surface area contributed by atoms with Gasteiger partial charge in [0.1, 0.15) is 6.61 Å². The van der Waals surface area contributed by atoms with Gasteiger partial charge in [0.25, 0.3) is 0 Å². The Labute approximate surface area is 145 Å². The second-order valence-corrected chi connectivity index (χ2v) is 5.12. The van der Waals surface area contributed by atoms with Crippen LogP contribution in [0.5, 0.6) is 0 Å². The largest absolute Gasteiger partial charge is 0.478 e. The van der Waals surface area contributed by atoms with Crippen LogP contribution in [-0.4, -0.2) is 48.6 Å². The Balaban J connectivity index is 2.25. The summed E-state index contributed by atoms with van der Waals surface area (Å²) >= 11 is 0. The summed E-state index contributed by atoms with van der Waals surface area (Å²) in [6.45, 7) is 3.55. The lowest BCUT2D eigenvalue weighted by molar-refractivity contribution is 0.0662. The smallest absolute Gasteiger partial charge is 0.336 e. The molecule has 0 heterocycles. The van der Waals surface area contributed by atoms with Gasteiger partial charge in [-0.3, -0.25) is 0 Å². The van der Waals surface area contributed by atoms with E-state index < -0.39 is 11.9 Å². The van der Waals surface area contributed by atoms with Gasteiger partial charge >= 0.3 is 11.9 Å². The molecular weight excluding hydrogens is 324 g/mol. The highest BCUT2D eigenvalue weighted by molar-refractivity contribution is 6.00. The Morgan fingerprint density at radius 1 is 1.00 bits per heavy atom. The lowest BCUT2D eigenvalue weighted by Crippen LogP contribution is -2.04. The van der Waals surface area contributed by atoms with Crippen LogP contribution >= 0.6 is 0 Å². The Bertz CT molecular complexity index is 844. The molecule has 0 aromatic heterocycles. The average Bonchev–Trinajstić information content (AvgIpc) is 2.59. The molecule has 0 saturated heterocycles. The number of carboxylic acids is 2. The molecule has 130 valence electrons. The fourth-order valence-electron chi connectivity index (χ4n) is 2.23. The Morgan fingerprint density at radius 2 is 1.76 bits per heavy atom. The van der Waals surface area contributed by atoms with Gasteiger partial charge in [0.2, 0.25) is 0 Å². The van der Waals surface area contributed by atoms with E-state index in [2.05, 4.69) is 11.8 Å². The summed E-state index contributed by atoms with van der Waals surface area (Å²) in [7, 11) is 0. The third-order valence-electron chi connectivity index (χ3n) is 3.43. The van der Waals surface area contributed by atoms with Gasteiger partial charge in [-0.05, 0) is 42.0 Å². The number of aromatic carboxylic acids is 2. The van der Waals surface area contributed by atoms with Crippen molar-refractivity contribution in [2.24, 2.45) is 0 Å². The fourth-order valence-corrected chi connectivity index (χ4v) is 2.23. The van der Waals surface area contributed by atoms with Crippen LogP contribution in [0.2, 0.25) is 0 Å². The van der Waals surface area contributed by atoms with E-state index in [0.717, 1.165) is 0 Å².